The van der Waals surface area contributed by atoms with Crippen molar-refractivity contribution in [1.29, 1.82) is 0 Å². The number of nitrogens with zero attached hydrogens (tertiary/aromatic N) is 2. The highest BCUT2D eigenvalue weighted by atomic mass is 16.5. The molecule has 7 nitrogen and oxygen atoms in total. The fourth-order valence-electron chi connectivity index (χ4n) is 2.59. The van der Waals surface area contributed by atoms with Crippen molar-refractivity contribution in [1.82, 2.24) is 15.6 Å². The van der Waals surface area contributed by atoms with Crippen molar-refractivity contribution in [3.8, 4) is 22.8 Å². The molecule has 1 heterocycles. The summed E-state index contributed by atoms with van der Waals surface area (Å²) in [5.74, 6) is 1.15. The second-order valence-corrected chi connectivity index (χ2v) is 5.99. The molecular formula is C21H22N4O3. The number of aromatic nitrogens is 2. The van der Waals surface area contributed by atoms with E-state index >= 15 is 0 Å². The Morgan fingerprint density at radius 1 is 1.14 bits per heavy atom. The van der Waals surface area contributed by atoms with E-state index in [-0.39, 0.29) is 5.91 Å². The summed E-state index contributed by atoms with van der Waals surface area (Å²) in [6.45, 7) is 4.33. The average molecular weight is 378 g/mol. The van der Waals surface area contributed by atoms with Crippen LogP contribution in [0.1, 0.15) is 29.9 Å². The van der Waals surface area contributed by atoms with Crippen LogP contribution in [0.25, 0.3) is 11.3 Å². The van der Waals surface area contributed by atoms with Gasteiger partial charge in [-0.2, -0.15) is 10.2 Å². The van der Waals surface area contributed by atoms with Gasteiger partial charge in [-0.3, -0.25) is 9.89 Å². The van der Waals surface area contributed by atoms with E-state index in [0.717, 1.165) is 22.6 Å². The number of H-pyrrole nitrogens is 1. The SMILES string of the molecule is CCOc1cccc(-c2cc(C(=O)N/N=C(/C)c3ccc(OC)cc3)[nH]n2)c1. The smallest absolute Gasteiger partial charge is 0.289 e. The van der Waals surface area contributed by atoms with Crippen LogP contribution in [0.4, 0.5) is 0 Å². The van der Waals surface area contributed by atoms with Crippen molar-refractivity contribution in [2.24, 2.45) is 5.10 Å². The van der Waals surface area contributed by atoms with E-state index in [1.54, 1.807) is 13.2 Å². The molecule has 0 unspecified atom stereocenters. The molecule has 144 valence electrons. The van der Waals surface area contributed by atoms with Crippen molar-refractivity contribution < 1.29 is 14.3 Å². The van der Waals surface area contributed by atoms with Gasteiger partial charge in [-0.1, -0.05) is 12.1 Å². The number of aromatic amines is 1. The van der Waals surface area contributed by atoms with Crippen molar-refractivity contribution >= 4 is 11.6 Å². The van der Waals surface area contributed by atoms with E-state index in [4.69, 9.17) is 9.47 Å². The Morgan fingerprint density at radius 3 is 2.64 bits per heavy atom. The Kier molecular flexibility index (Phi) is 6.06. The largest absolute Gasteiger partial charge is 0.497 e. The normalized spacial score (nSPS) is 11.2. The second kappa shape index (κ2) is 8.85. The number of rotatable bonds is 7. The van der Waals surface area contributed by atoms with Gasteiger partial charge in [0.1, 0.15) is 17.2 Å². The Labute approximate surface area is 163 Å². The first-order valence-electron chi connectivity index (χ1n) is 8.88. The monoisotopic (exact) mass is 378 g/mol. The standard InChI is InChI=1S/C21H22N4O3/c1-4-28-18-7-5-6-16(12-18)19-13-20(24-23-19)21(26)25-22-14(2)15-8-10-17(27-3)11-9-15/h5-13H,4H2,1-3H3,(H,23,24)(H,25,26)/b22-14-. The van der Waals surface area contributed by atoms with Crippen LogP contribution in [0.15, 0.2) is 59.7 Å². The Bertz CT molecular complexity index is 977. The number of hydrogen-bond donors (Lipinski definition) is 2. The molecule has 0 saturated carbocycles. The summed E-state index contributed by atoms with van der Waals surface area (Å²) in [6, 6.07) is 16.7. The summed E-state index contributed by atoms with van der Waals surface area (Å²) in [6.07, 6.45) is 0. The van der Waals surface area contributed by atoms with E-state index in [9.17, 15) is 4.79 Å². The minimum absolute atomic E-state index is 0.322. The predicted octanol–water partition coefficient (Wildman–Crippen LogP) is 3.64. The van der Waals surface area contributed by atoms with Crippen LogP contribution in [-0.4, -0.2) is 35.5 Å². The zero-order valence-corrected chi connectivity index (χ0v) is 16.0. The highest BCUT2D eigenvalue weighted by molar-refractivity contribution is 6.00. The van der Waals surface area contributed by atoms with Crippen LogP contribution in [0.5, 0.6) is 11.5 Å². The zero-order chi connectivity index (χ0) is 19.9. The molecule has 7 heteroatoms. The quantitative estimate of drug-likeness (QED) is 0.485. The van der Waals surface area contributed by atoms with E-state index in [1.165, 1.54) is 0 Å². The number of carbonyl (C=O) groups is 1. The third-order valence-corrected chi connectivity index (χ3v) is 4.10. The van der Waals surface area contributed by atoms with Crippen LogP contribution in [0.2, 0.25) is 0 Å². The highest BCUT2D eigenvalue weighted by Gasteiger charge is 2.11. The molecule has 3 aromatic rings. The molecule has 0 fully saturated rings. The summed E-state index contributed by atoms with van der Waals surface area (Å²) in [5, 5.41) is 11.1. The fourth-order valence-corrected chi connectivity index (χ4v) is 2.59. The summed E-state index contributed by atoms with van der Waals surface area (Å²) in [4.78, 5) is 12.4. The van der Waals surface area contributed by atoms with Gasteiger partial charge in [0.15, 0.2) is 0 Å². The maximum Gasteiger partial charge on any atom is 0.289 e. The average Bonchev–Trinajstić information content (AvgIpc) is 3.23. The number of hydrazone groups is 1. The lowest BCUT2D eigenvalue weighted by Gasteiger charge is -2.04. The van der Waals surface area contributed by atoms with Gasteiger partial charge in [0.2, 0.25) is 0 Å². The van der Waals surface area contributed by atoms with Crippen molar-refractivity contribution in [2.75, 3.05) is 13.7 Å². The van der Waals surface area contributed by atoms with Crippen LogP contribution < -0.4 is 14.9 Å². The minimum atomic E-state index is -0.368. The number of hydrogen-bond acceptors (Lipinski definition) is 5. The number of nitrogens with one attached hydrogen (secondary N) is 2. The molecule has 1 aromatic heterocycles. The number of amides is 1. The highest BCUT2D eigenvalue weighted by Crippen LogP contribution is 2.22. The Balaban J connectivity index is 1.69. The summed E-state index contributed by atoms with van der Waals surface area (Å²) in [7, 11) is 1.61. The number of carbonyl (C=O) groups excluding carboxylic acids is 1. The summed E-state index contributed by atoms with van der Waals surface area (Å²) < 4.78 is 10.6. The van der Waals surface area contributed by atoms with Crippen molar-refractivity contribution in [3.63, 3.8) is 0 Å². The molecule has 28 heavy (non-hydrogen) atoms. The number of benzene rings is 2. The second-order valence-electron chi connectivity index (χ2n) is 5.99. The van der Waals surface area contributed by atoms with Crippen LogP contribution >= 0.6 is 0 Å². The lowest BCUT2D eigenvalue weighted by Crippen LogP contribution is -2.19. The molecule has 0 aliphatic carbocycles. The molecule has 0 radical (unpaired) electrons. The molecule has 0 bridgehead atoms. The molecule has 1 amide bonds. The van der Waals surface area contributed by atoms with E-state index in [2.05, 4.69) is 20.7 Å². The third kappa shape index (κ3) is 4.56. The lowest BCUT2D eigenvalue weighted by atomic mass is 10.1. The molecule has 0 aliphatic heterocycles. The van der Waals surface area contributed by atoms with Gasteiger partial charge < -0.3 is 9.47 Å². The van der Waals surface area contributed by atoms with Crippen LogP contribution in [-0.2, 0) is 0 Å². The minimum Gasteiger partial charge on any atom is -0.497 e. The van der Waals surface area contributed by atoms with Crippen LogP contribution in [0.3, 0.4) is 0 Å². The molecule has 3 rings (SSSR count). The molecule has 2 N–H and O–H groups in total. The van der Waals surface area contributed by atoms with E-state index in [0.29, 0.717) is 23.7 Å². The van der Waals surface area contributed by atoms with Gasteiger partial charge in [0.05, 0.1) is 25.1 Å². The maximum absolute atomic E-state index is 12.4. The van der Waals surface area contributed by atoms with Gasteiger partial charge in [0.25, 0.3) is 5.91 Å². The number of methoxy groups -OCH3 is 1. The predicted molar refractivity (Wildman–Crippen MR) is 108 cm³/mol. The molecule has 0 atom stereocenters. The Morgan fingerprint density at radius 2 is 1.93 bits per heavy atom. The first-order chi connectivity index (χ1) is 13.6. The summed E-state index contributed by atoms with van der Waals surface area (Å²) in [5.41, 5.74) is 5.95. The molecule has 0 saturated heterocycles. The first kappa shape index (κ1) is 19.2. The molecule has 2 aromatic carbocycles. The van der Waals surface area contributed by atoms with E-state index in [1.807, 2.05) is 62.4 Å². The third-order valence-electron chi connectivity index (χ3n) is 4.10. The first-order valence-corrected chi connectivity index (χ1v) is 8.88. The van der Waals surface area contributed by atoms with E-state index < -0.39 is 0 Å². The fraction of sp³-hybridized carbons (Fsp3) is 0.190. The van der Waals surface area contributed by atoms with Crippen molar-refractivity contribution in [2.45, 2.75) is 13.8 Å². The van der Waals surface area contributed by atoms with Gasteiger partial charge in [-0.15, -0.1) is 0 Å². The number of ether oxygens (including phenoxy) is 2. The molecule has 0 aliphatic rings. The lowest BCUT2D eigenvalue weighted by molar-refractivity contribution is 0.0950. The molecule has 0 spiro atoms. The Hall–Kier alpha value is -3.61. The van der Waals surface area contributed by atoms with Gasteiger partial charge in [0, 0.05) is 5.56 Å². The summed E-state index contributed by atoms with van der Waals surface area (Å²) >= 11 is 0. The maximum atomic E-state index is 12.4. The van der Waals surface area contributed by atoms with Gasteiger partial charge >= 0.3 is 0 Å². The zero-order valence-electron chi connectivity index (χ0n) is 16.0. The van der Waals surface area contributed by atoms with Crippen LogP contribution in [0, 0.1) is 0 Å². The van der Waals surface area contributed by atoms with Gasteiger partial charge in [-0.25, -0.2) is 5.43 Å². The molecular weight excluding hydrogens is 356 g/mol. The van der Waals surface area contributed by atoms with Crippen molar-refractivity contribution in [3.05, 3.63) is 65.9 Å². The topological polar surface area (TPSA) is 88.6 Å². The van der Waals surface area contributed by atoms with Gasteiger partial charge in [-0.05, 0) is 61.9 Å².